The molecule has 3 rings (SSSR count). The van der Waals surface area contributed by atoms with Crippen LogP contribution < -0.4 is 9.47 Å². The number of carboxylic acid groups (broad SMARTS) is 1. The Hall–Kier alpha value is -3.31. The van der Waals surface area contributed by atoms with Crippen LogP contribution in [0.15, 0.2) is 66.9 Å². The molecule has 3 aromatic rings. The Kier molecular flexibility index (Phi) is 6.29. The van der Waals surface area contributed by atoms with Gasteiger partial charge in [0, 0.05) is 22.7 Å². The molecule has 2 aromatic carbocycles. The Balaban J connectivity index is 1.62. The first-order valence-corrected chi connectivity index (χ1v) is 8.91. The molecule has 0 fully saturated rings. The number of benzene rings is 2. The van der Waals surface area contributed by atoms with E-state index in [9.17, 15) is 4.79 Å². The molecule has 1 aromatic heterocycles. The molecule has 28 heavy (non-hydrogen) atoms. The standard InChI is InChI=1S/C22H18ClNO4/c1-15-12-18(8-6-16(15)7-11-22(25)26)28-21-10-9-19(13-24-21)27-14-17-4-2-3-5-20(17)23/h2-13H,14H2,1H3,(H,25,26). The van der Waals surface area contributed by atoms with Crippen molar-refractivity contribution in [2.45, 2.75) is 13.5 Å². The maximum Gasteiger partial charge on any atom is 0.328 e. The largest absolute Gasteiger partial charge is 0.487 e. The van der Waals surface area contributed by atoms with Crippen molar-refractivity contribution < 1.29 is 19.4 Å². The Morgan fingerprint density at radius 3 is 2.61 bits per heavy atom. The molecular weight excluding hydrogens is 378 g/mol. The third-order valence-electron chi connectivity index (χ3n) is 3.93. The quantitative estimate of drug-likeness (QED) is 0.534. The number of halogens is 1. The van der Waals surface area contributed by atoms with Gasteiger partial charge >= 0.3 is 5.97 Å². The number of aromatic nitrogens is 1. The average molecular weight is 396 g/mol. The normalized spacial score (nSPS) is 10.8. The summed E-state index contributed by atoms with van der Waals surface area (Å²) in [7, 11) is 0. The third-order valence-corrected chi connectivity index (χ3v) is 4.30. The van der Waals surface area contributed by atoms with Crippen LogP contribution in [0, 0.1) is 6.92 Å². The van der Waals surface area contributed by atoms with E-state index in [-0.39, 0.29) is 0 Å². The molecule has 142 valence electrons. The van der Waals surface area contributed by atoms with Gasteiger partial charge in [0.25, 0.3) is 0 Å². The van der Waals surface area contributed by atoms with Gasteiger partial charge in [0.15, 0.2) is 0 Å². The van der Waals surface area contributed by atoms with Crippen molar-refractivity contribution in [3.05, 3.63) is 88.6 Å². The number of carboxylic acids is 1. The summed E-state index contributed by atoms with van der Waals surface area (Å²) in [6, 6.07) is 16.4. The molecule has 6 heteroatoms. The molecule has 0 saturated carbocycles. The second-order valence-corrected chi connectivity index (χ2v) is 6.41. The van der Waals surface area contributed by atoms with Crippen LogP contribution in [0.1, 0.15) is 16.7 Å². The van der Waals surface area contributed by atoms with Crippen molar-refractivity contribution in [3.63, 3.8) is 0 Å². The zero-order valence-electron chi connectivity index (χ0n) is 15.1. The summed E-state index contributed by atoms with van der Waals surface area (Å²) < 4.78 is 11.4. The minimum atomic E-state index is -0.985. The number of nitrogens with zero attached hydrogens (tertiary/aromatic N) is 1. The summed E-state index contributed by atoms with van der Waals surface area (Å²) in [4.78, 5) is 14.9. The van der Waals surface area contributed by atoms with E-state index in [0.717, 1.165) is 22.8 Å². The smallest absolute Gasteiger partial charge is 0.328 e. The second kappa shape index (κ2) is 9.06. The topological polar surface area (TPSA) is 68.7 Å². The van der Waals surface area contributed by atoms with Gasteiger partial charge in [-0.1, -0.05) is 35.9 Å². The molecule has 0 atom stereocenters. The molecule has 0 radical (unpaired) electrons. The van der Waals surface area contributed by atoms with Crippen molar-refractivity contribution in [3.8, 4) is 17.4 Å². The van der Waals surface area contributed by atoms with Crippen LogP contribution >= 0.6 is 11.6 Å². The molecule has 1 N–H and O–H groups in total. The number of pyridine rings is 1. The van der Waals surface area contributed by atoms with Gasteiger partial charge < -0.3 is 14.6 Å². The summed E-state index contributed by atoms with van der Waals surface area (Å²) in [6.07, 6.45) is 4.24. The predicted octanol–water partition coefficient (Wildman–Crippen LogP) is 5.51. The van der Waals surface area contributed by atoms with Crippen molar-refractivity contribution in [1.82, 2.24) is 4.98 Å². The van der Waals surface area contributed by atoms with E-state index in [1.807, 2.05) is 37.3 Å². The van der Waals surface area contributed by atoms with E-state index < -0.39 is 5.97 Å². The molecule has 0 saturated heterocycles. The number of ether oxygens (including phenoxy) is 2. The molecule has 0 aliphatic heterocycles. The molecule has 0 aliphatic rings. The molecule has 0 amide bonds. The predicted molar refractivity (Wildman–Crippen MR) is 108 cm³/mol. The summed E-state index contributed by atoms with van der Waals surface area (Å²) >= 11 is 6.12. The zero-order chi connectivity index (χ0) is 19.9. The molecular formula is C22H18ClNO4. The number of aliphatic carboxylic acids is 1. The highest BCUT2D eigenvalue weighted by Crippen LogP contribution is 2.25. The van der Waals surface area contributed by atoms with E-state index in [1.54, 1.807) is 36.5 Å². The van der Waals surface area contributed by atoms with Gasteiger partial charge in [0.1, 0.15) is 18.1 Å². The van der Waals surface area contributed by atoms with Crippen LogP contribution in [0.25, 0.3) is 6.08 Å². The van der Waals surface area contributed by atoms with Crippen molar-refractivity contribution in [1.29, 1.82) is 0 Å². The van der Waals surface area contributed by atoms with E-state index in [1.165, 1.54) is 0 Å². The fraction of sp³-hybridized carbons (Fsp3) is 0.0909. The summed E-state index contributed by atoms with van der Waals surface area (Å²) in [5.74, 6) is 0.666. The maximum atomic E-state index is 10.6. The van der Waals surface area contributed by atoms with E-state index >= 15 is 0 Å². The Morgan fingerprint density at radius 2 is 1.93 bits per heavy atom. The molecule has 5 nitrogen and oxygen atoms in total. The van der Waals surface area contributed by atoms with Gasteiger partial charge in [-0.3, -0.25) is 0 Å². The maximum absolute atomic E-state index is 10.6. The molecule has 0 unspecified atom stereocenters. The lowest BCUT2D eigenvalue weighted by Crippen LogP contribution is -1.97. The van der Waals surface area contributed by atoms with Crippen molar-refractivity contribution in [2.75, 3.05) is 0 Å². The van der Waals surface area contributed by atoms with Crippen LogP contribution in [0.2, 0.25) is 5.02 Å². The van der Waals surface area contributed by atoms with Crippen LogP contribution in [0.4, 0.5) is 0 Å². The zero-order valence-corrected chi connectivity index (χ0v) is 15.9. The number of aryl methyl sites for hydroxylation is 1. The SMILES string of the molecule is Cc1cc(Oc2ccc(OCc3ccccc3Cl)cn2)ccc1C=CC(=O)O. The lowest BCUT2D eigenvalue weighted by molar-refractivity contribution is -0.131. The first-order chi connectivity index (χ1) is 13.5. The molecule has 0 bridgehead atoms. The van der Waals surface area contributed by atoms with E-state index in [4.69, 9.17) is 26.2 Å². The summed E-state index contributed by atoms with van der Waals surface area (Å²) in [6.45, 7) is 2.24. The minimum Gasteiger partial charge on any atom is -0.487 e. The van der Waals surface area contributed by atoms with E-state index in [0.29, 0.717) is 29.0 Å². The lowest BCUT2D eigenvalue weighted by atomic mass is 10.1. The van der Waals surface area contributed by atoms with Gasteiger partial charge in [0.05, 0.1) is 6.20 Å². The van der Waals surface area contributed by atoms with Crippen LogP contribution in [0.3, 0.4) is 0 Å². The number of carbonyl (C=O) groups is 1. The van der Waals surface area contributed by atoms with Gasteiger partial charge in [-0.25, -0.2) is 9.78 Å². The third kappa shape index (κ3) is 5.34. The minimum absolute atomic E-state index is 0.353. The molecule has 0 aliphatic carbocycles. The van der Waals surface area contributed by atoms with Crippen molar-refractivity contribution >= 4 is 23.6 Å². The van der Waals surface area contributed by atoms with Crippen LogP contribution in [0.5, 0.6) is 17.4 Å². The monoisotopic (exact) mass is 395 g/mol. The Morgan fingerprint density at radius 1 is 1.14 bits per heavy atom. The number of hydrogen-bond acceptors (Lipinski definition) is 4. The van der Waals surface area contributed by atoms with E-state index in [2.05, 4.69) is 4.98 Å². The van der Waals surface area contributed by atoms with Gasteiger partial charge in [0.2, 0.25) is 5.88 Å². The highest BCUT2D eigenvalue weighted by Gasteiger charge is 2.04. The highest BCUT2D eigenvalue weighted by molar-refractivity contribution is 6.31. The van der Waals surface area contributed by atoms with Gasteiger partial charge in [-0.05, 0) is 48.4 Å². The first-order valence-electron chi connectivity index (χ1n) is 8.53. The first kappa shape index (κ1) is 19.5. The van der Waals surface area contributed by atoms with Gasteiger partial charge in [-0.15, -0.1) is 0 Å². The summed E-state index contributed by atoms with van der Waals surface area (Å²) in [5, 5.41) is 9.38. The van der Waals surface area contributed by atoms with Gasteiger partial charge in [-0.2, -0.15) is 0 Å². The lowest BCUT2D eigenvalue weighted by Gasteiger charge is -2.09. The molecule has 1 heterocycles. The summed E-state index contributed by atoms with van der Waals surface area (Å²) in [5.41, 5.74) is 2.61. The average Bonchev–Trinajstić information content (AvgIpc) is 2.68. The second-order valence-electron chi connectivity index (χ2n) is 6.00. The highest BCUT2D eigenvalue weighted by atomic mass is 35.5. The Labute approximate surface area is 167 Å². The fourth-order valence-electron chi connectivity index (χ4n) is 2.47. The number of rotatable bonds is 7. The van der Waals surface area contributed by atoms with Crippen LogP contribution in [-0.4, -0.2) is 16.1 Å². The fourth-order valence-corrected chi connectivity index (χ4v) is 2.66. The van der Waals surface area contributed by atoms with Crippen LogP contribution in [-0.2, 0) is 11.4 Å². The Bertz CT molecular complexity index is 1000. The van der Waals surface area contributed by atoms with Crippen molar-refractivity contribution in [2.24, 2.45) is 0 Å². The molecule has 0 spiro atoms. The number of hydrogen-bond donors (Lipinski definition) is 1.